The Morgan fingerprint density at radius 1 is 0.969 bits per heavy atom. The number of nitrogens with zero attached hydrogens (tertiary/aromatic N) is 1. The zero-order chi connectivity index (χ0) is 22.8. The summed E-state index contributed by atoms with van der Waals surface area (Å²) in [5.74, 6) is -0.155. The summed E-state index contributed by atoms with van der Waals surface area (Å²) in [6, 6.07) is 19.4. The monoisotopic (exact) mass is 431 g/mol. The van der Waals surface area contributed by atoms with Crippen LogP contribution in [0.4, 0.5) is 5.69 Å². The van der Waals surface area contributed by atoms with Crippen LogP contribution in [-0.4, -0.2) is 24.6 Å². The fourth-order valence-corrected chi connectivity index (χ4v) is 3.36. The van der Waals surface area contributed by atoms with Crippen LogP contribution in [-0.2, 0) is 16.0 Å². The minimum absolute atomic E-state index is 0.315. The van der Waals surface area contributed by atoms with Gasteiger partial charge in [-0.05, 0) is 41.3 Å². The highest BCUT2D eigenvalue weighted by Crippen LogP contribution is 2.27. The molecule has 6 heteroatoms. The number of carbonyl (C=O) groups excluding carboxylic acids is 2. The number of rotatable bonds is 10. The van der Waals surface area contributed by atoms with Crippen LogP contribution in [0.3, 0.4) is 0 Å². The molecule has 0 spiro atoms. The summed E-state index contributed by atoms with van der Waals surface area (Å²) < 4.78 is 5.93. The number of nitrogens with one attached hydrogen (secondary N) is 2. The smallest absolute Gasteiger partial charge is 0.249 e. The van der Waals surface area contributed by atoms with Gasteiger partial charge in [0.05, 0.1) is 12.8 Å². The van der Waals surface area contributed by atoms with Crippen LogP contribution in [0, 0.1) is 0 Å². The predicted octanol–water partition coefficient (Wildman–Crippen LogP) is 5.06. The van der Waals surface area contributed by atoms with Crippen molar-refractivity contribution in [3.05, 3.63) is 71.8 Å². The molecular weight excluding hydrogens is 402 g/mol. The molecule has 0 unspecified atom stereocenters. The molecule has 2 N–H and O–H groups in total. The molecule has 0 aliphatic carbocycles. The van der Waals surface area contributed by atoms with E-state index in [4.69, 9.17) is 4.74 Å². The summed E-state index contributed by atoms with van der Waals surface area (Å²) in [6.45, 7) is 4.74. The highest BCUT2D eigenvalue weighted by Gasteiger charge is 2.11. The van der Waals surface area contributed by atoms with Crippen molar-refractivity contribution in [1.29, 1.82) is 0 Å². The van der Waals surface area contributed by atoms with Crippen LogP contribution in [0.25, 0.3) is 10.8 Å². The SMILES string of the molecule is CCCCOc1ccc2ccccc2c1C=NNC(=O)CC(=O)Nc1ccccc1CC. The van der Waals surface area contributed by atoms with Gasteiger partial charge < -0.3 is 10.1 Å². The minimum atomic E-state index is -0.485. The lowest BCUT2D eigenvalue weighted by molar-refractivity contribution is -0.126. The molecule has 166 valence electrons. The van der Waals surface area contributed by atoms with Crippen LogP contribution < -0.4 is 15.5 Å². The van der Waals surface area contributed by atoms with Gasteiger partial charge in [0, 0.05) is 11.3 Å². The van der Waals surface area contributed by atoms with Gasteiger partial charge in [-0.25, -0.2) is 5.43 Å². The van der Waals surface area contributed by atoms with Crippen molar-refractivity contribution >= 4 is 34.5 Å². The number of hydrogen-bond donors (Lipinski definition) is 2. The van der Waals surface area contributed by atoms with E-state index in [1.165, 1.54) is 0 Å². The average molecular weight is 432 g/mol. The Labute approximate surface area is 188 Å². The maximum atomic E-state index is 12.3. The molecular formula is C26H29N3O3. The first-order valence-corrected chi connectivity index (χ1v) is 11.0. The molecule has 0 heterocycles. The third-order valence-electron chi connectivity index (χ3n) is 5.06. The van der Waals surface area contributed by atoms with E-state index in [9.17, 15) is 9.59 Å². The number of hydrogen-bond acceptors (Lipinski definition) is 4. The number of fused-ring (bicyclic) bond motifs is 1. The lowest BCUT2D eigenvalue weighted by atomic mass is 10.0. The summed E-state index contributed by atoms with van der Waals surface area (Å²) >= 11 is 0. The molecule has 0 aromatic heterocycles. The third-order valence-corrected chi connectivity index (χ3v) is 5.06. The third kappa shape index (κ3) is 6.17. The first kappa shape index (κ1) is 23.0. The second kappa shape index (κ2) is 11.6. The molecule has 0 radical (unpaired) electrons. The molecule has 0 bridgehead atoms. The molecule has 2 amide bonds. The Bertz CT molecular complexity index is 1110. The van der Waals surface area contributed by atoms with Crippen molar-refractivity contribution in [3.63, 3.8) is 0 Å². The van der Waals surface area contributed by atoms with Crippen molar-refractivity contribution in [1.82, 2.24) is 5.43 Å². The standard InChI is InChI=1S/C26H29N3O3/c1-3-5-16-32-24-15-14-20-11-6-8-12-21(20)22(24)18-27-29-26(31)17-25(30)28-23-13-9-7-10-19(23)4-2/h6-15,18H,3-5,16-17H2,1-2H3,(H,28,30)(H,29,31). The van der Waals surface area contributed by atoms with E-state index < -0.39 is 5.91 Å². The predicted molar refractivity (Wildman–Crippen MR) is 129 cm³/mol. The van der Waals surface area contributed by atoms with Gasteiger partial charge >= 0.3 is 0 Å². The molecule has 0 aliphatic rings. The highest BCUT2D eigenvalue weighted by molar-refractivity contribution is 6.05. The van der Waals surface area contributed by atoms with Gasteiger partial charge in [0.15, 0.2) is 0 Å². The Morgan fingerprint density at radius 2 is 1.75 bits per heavy atom. The van der Waals surface area contributed by atoms with E-state index in [-0.39, 0.29) is 12.3 Å². The Hall–Kier alpha value is -3.67. The van der Waals surface area contributed by atoms with E-state index in [2.05, 4.69) is 22.8 Å². The topological polar surface area (TPSA) is 79.8 Å². The Kier molecular flexibility index (Phi) is 8.37. The summed E-state index contributed by atoms with van der Waals surface area (Å²) in [6.07, 6.45) is 4.05. The molecule has 3 aromatic rings. The van der Waals surface area contributed by atoms with E-state index in [1.54, 1.807) is 6.21 Å². The molecule has 0 atom stereocenters. The number of ether oxygens (including phenoxy) is 1. The molecule has 0 saturated carbocycles. The van der Waals surface area contributed by atoms with Crippen LogP contribution in [0.1, 0.15) is 44.2 Å². The van der Waals surface area contributed by atoms with Crippen LogP contribution in [0.2, 0.25) is 0 Å². The zero-order valence-corrected chi connectivity index (χ0v) is 18.6. The van der Waals surface area contributed by atoms with Crippen molar-refractivity contribution < 1.29 is 14.3 Å². The number of carbonyl (C=O) groups is 2. The van der Waals surface area contributed by atoms with E-state index >= 15 is 0 Å². The number of para-hydroxylation sites is 1. The molecule has 3 rings (SSSR count). The maximum absolute atomic E-state index is 12.3. The molecule has 0 fully saturated rings. The number of aryl methyl sites for hydroxylation is 1. The minimum Gasteiger partial charge on any atom is -0.493 e. The number of anilines is 1. The first-order valence-electron chi connectivity index (χ1n) is 11.0. The van der Waals surface area contributed by atoms with E-state index in [0.29, 0.717) is 12.4 Å². The number of amides is 2. The Morgan fingerprint density at radius 3 is 2.56 bits per heavy atom. The molecule has 6 nitrogen and oxygen atoms in total. The van der Waals surface area contributed by atoms with E-state index in [1.807, 2.05) is 67.6 Å². The lowest BCUT2D eigenvalue weighted by Crippen LogP contribution is -2.25. The van der Waals surface area contributed by atoms with Gasteiger partial charge in [0.2, 0.25) is 11.8 Å². The van der Waals surface area contributed by atoms with Crippen molar-refractivity contribution in [2.24, 2.45) is 5.10 Å². The van der Waals surface area contributed by atoms with Gasteiger partial charge in [0.1, 0.15) is 12.2 Å². The second-order valence-corrected chi connectivity index (χ2v) is 7.43. The van der Waals surface area contributed by atoms with Gasteiger partial charge in [-0.3, -0.25) is 9.59 Å². The number of hydrazone groups is 1. The van der Waals surface area contributed by atoms with Crippen LogP contribution in [0.5, 0.6) is 5.75 Å². The fourth-order valence-electron chi connectivity index (χ4n) is 3.36. The fraction of sp³-hybridized carbons (Fsp3) is 0.269. The molecule has 0 aliphatic heterocycles. The van der Waals surface area contributed by atoms with Gasteiger partial charge in [-0.2, -0.15) is 5.10 Å². The van der Waals surface area contributed by atoms with Crippen molar-refractivity contribution in [2.45, 2.75) is 39.5 Å². The van der Waals surface area contributed by atoms with Crippen LogP contribution >= 0.6 is 0 Å². The quantitative estimate of drug-likeness (QED) is 0.204. The maximum Gasteiger partial charge on any atom is 0.249 e. The summed E-state index contributed by atoms with van der Waals surface area (Å²) in [7, 11) is 0. The van der Waals surface area contributed by atoms with Crippen molar-refractivity contribution in [3.8, 4) is 5.75 Å². The molecule has 3 aromatic carbocycles. The highest BCUT2D eigenvalue weighted by atomic mass is 16.5. The van der Waals surface area contributed by atoms with Gasteiger partial charge in [0.25, 0.3) is 0 Å². The summed E-state index contributed by atoms with van der Waals surface area (Å²) in [5.41, 5.74) is 4.98. The first-order chi connectivity index (χ1) is 15.6. The second-order valence-electron chi connectivity index (χ2n) is 7.43. The zero-order valence-electron chi connectivity index (χ0n) is 18.6. The normalized spacial score (nSPS) is 10.9. The van der Waals surface area contributed by atoms with Gasteiger partial charge in [-0.1, -0.05) is 68.8 Å². The lowest BCUT2D eigenvalue weighted by Gasteiger charge is -2.11. The summed E-state index contributed by atoms with van der Waals surface area (Å²) in [5, 5.41) is 8.91. The summed E-state index contributed by atoms with van der Waals surface area (Å²) in [4.78, 5) is 24.5. The van der Waals surface area contributed by atoms with Crippen molar-refractivity contribution in [2.75, 3.05) is 11.9 Å². The largest absolute Gasteiger partial charge is 0.493 e. The Balaban J connectivity index is 1.66. The number of unbranched alkanes of at least 4 members (excludes halogenated alkanes) is 1. The molecule has 0 saturated heterocycles. The number of benzene rings is 3. The molecule has 32 heavy (non-hydrogen) atoms. The van der Waals surface area contributed by atoms with E-state index in [0.717, 1.165) is 46.8 Å². The average Bonchev–Trinajstić information content (AvgIpc) is 2.80. The van der Waals surface area contributed by atoms with Gasteiger partial charge in [-0.15, -0.1) is 0 Å². The van der Waals surface area contributed by atoms with Crippen LogP contribution in [0.15, 0.2) is 65.8 Å².